The molecule has 0 aliphatic heterocycles. The number of benzene rings is 1. The largest absolute Gasteiger partial charge is 0.493 e. The van der Waals surface area contributed by atoms with Crippen molar-refractivity contribution in [2.45, 2.75) is 0 Å². The SMILES string of the molecule is I[B]SCCOc1ccccc1. The Morgan fingerprint density at radius 3 is 2.75 bits per heavy atom. The zero-order valence-electron chi connectivity index (χ0n) is 6.57. The minimum atomic E-state index is 0.772. The molecule has 0 bridgehead atoms. The Bertz CT molecular complexity index is 207. The molecule has 1 aromatic rings. The van der Waals surface area contributed by atoms with Gasteiger partial charge in [0.05, 0.1) is 6.61 Å². The Labute approximate surface area is 91.3 Å². The van der Waals surface area contributed by atoms with Crippen molar-refractivity contribution in [2.24, 2.45) is 0 Å². The Morgan fingerprint density at radius 1 is 1.33 bits per heavy atom. The fourth-order valence-corrected chi connectivity index (χ4v) is 1.80. The number of hydrogen-bond donors (Lipinski definition) is 0. The summed E-state index contributed by atoms with van der Waals surface area (Å²) in [5.74, 6) is 1.96. The molecule has 0 aliphatic carbocycles. The molecule has 4 heteroatoms. The van der Waals surface area contributed by atoms with E-state index >= 15 is 0 Å². The number of para-hydroxylation sites is 1. The topological polar surface area (TPSA) is 9.23 Å². The first-order chi connectivity index (χ1) is 5.93. The van der Waals surface area contributed by atoms with Gasteiger partial charge in [0.15, 0.2) is 0 Å². The molecule has 1 radical (unpaired) electrons. The van der Waals surface area contributed by atoms with Crippen LogP contribution in [0.4, 0.5) is 0 Å². The van der Waals surface area contributed by atoms with Gasteiger partial charge >= 0.3 is 0 Å². The summed E-state index contributed by atoms with van der Waals surface area (Å²) in [5.41, 5.74) is 0. The maximum Gasteiger partial charge on any atom is 0.275 e. The quantitative estimate of drug-likeness (QED) is 0.468. The van der Waals surface area contributed by atoms with E-state index in [4.69, 9.17) is 4.74 Å². The molecule has 0 saturated carbocycles. The molecular weight excluding hydrogens is 282 g/mol. The smallest absolute Gasteiger partial charge is 0.275 e. The van der Waals surface area contributed by atoms with E-state index in [2.05, 4.69) is 22.4 Å². The molecule has 0 aliphatic rings. The van der Waals surface area contributed by atoms with Crippen molar-refractivity contribution in [1.82, 2.24) is 0 Å². The Kier molecular flexibility index (Phi) is 5.68. The lowest BCUT2D eigenvalue weighted by atomic mass is 10.3. The van der Waals surface area contributed by atoms with Crippen molar-refractivity contribution in [1.29, 1.82) is 0 Å². The van der Waals surface area contributed by atoms with Crippen molar-refractivity contribution in [2.75, 3.05) is 12.4 Å². The van der Waals surface area contributed by atoms with E-state index in [1.807, 2.05) is 34.7 Å². The van der Waals surface area contributed by atoms with Gasteiger partial charge in [-0.1, -0.05) is 18.2 Å². The van der Waals surface area contributed by atoms with Crippen molar-refractivity contribution in [3.05, 3.63) is 30.3 Å². The molecule has 1 nitrogen and oxygen atoms in total. The van der Waals surface area contributed by atoms with Crippen molar-refractivity contribution in [3.63, 3.8) is 0 Å². The van der Waals surface area contributed by atoms with Gasteiger partial charge in [-0.15, -0.1) is 22.4 Å². The van der Waals surface area contributed by atoms with Crippen molar-refractivity contribution in [3.8, 4) is 5.75 Å². The van der Waals surface area contributed by atoms with Gasteiger partial charge in [-0.25, -0.2) is 0 Å². The molecule has 0 saturated heterocycles. The Balaban J connectivity index is 2.16. The summed E-state index contributed by atoms with van der Waals surface area (Å²) in [6, 6.07) is 9.89. The van der Waals surface area contributed by atoms with Crippen molar-refractivity contribution < 1.29 is 4.74 Å². The van der Waals surface area contributed by atoms with E-state index in [9.17, 15) is 0 Å². The highest BCUT2D eigenvalue weighted by atomic mass is 127. The van der Waals surface area contributed by atoms with E-state index in [0.29, 0.717) is 0 Å². The second-order valence-corrected chi connectivity index (χ2v) is 4.57. The van der Waals surface area contributed by atoms with Gasteiger partial charge < -0.3 is 4.74 Å². The van der Waals surface area contributed by atoms with Gasteiger partial charge in [0, 0.05) is 5.75 Å². The molecule has 1 aromatic carbocycles. The minimum absolute atomic E-state index is 0.772. The van der Waals surface area contributed by atoms with E-state index in [-0.39, 0.29) is 0 Å². The summed E-state index contributed by atoms with van der Waals surface area (Å²) < 4.78 is 7.51. The molecule has 63 valence electrons. The number of ether oxygens (including phenoxy) is 1. The van der Waals surface area contributed by atoms with Crippen LogP contribution in [-0.2, 0) is 0 Å². The fraction of sp³-hybridized carbons (Fsp3) is 0.250. The van der Waals surface area contributed by atoms with Crippen LogP contribution in [0.2, 0.25) is 0 Å². The third-order valence-corrected chi connectivity index (χ3v) is 2.88. The molecule has 0 spiro atoms. The Morgan fingerprint density at radius 2 is 2.08 bits per heavy atom. The molecule has 0 aromatic heterocycles. The molecule has 0 amide bonds. The van der Waals surface area contributed by atoms with E-state index in [0.717, 1.165) is 18.1 Å². The fourth-order valence-electron chi connectivity index (χ4n) is 0.769. The molecule has 12 heavy (non-hydrogen) atoms. The molecule has 0 unspecified atom stereocenters. The van der Waals surface area contributed by atoms with E-state index in [1.165, 1.54) is 0 Å². The maximum atomic E-state index is 5.46. The lowest BCUT2D eigenvalue weighted by Gasteiger charge is -2.03. The maximum absolute atomic E-state index is 5.46. The summed E-state index contributed by atoms with van der Waals surface area (Å²) in [4.78, 5) is 0. The van der Waals surface area contributed by atoms with Crippen LogP contribution in [0.1, 0.15) is 0 Å². The molecule has 0 N–H and O–H groups in total. The predicted octanol–water partition coefficient (Wildman–Crippen LogP) is 2.77. The highest BCUT2D eigenvalue weighted by Gasteiger charge is 1.90. The predicted molar refractivity (Wildman–Crippen MR) is 64.2 cm³/mol. The van der Waals surface area contributed by atoms with Crippen molar-refractivity contribution >= 4 is 38.4 Å². The lowest BCUT2D eigenvalue weighted by molar-refractivity contribution is 0.344. The lowest BCUT2D eigenvalue weighted by Crippen LogP contribution is -1.99. The van der Waals surface area contributed by atoms with Gasteiger partial charge in [-0.2, -0.15) is 11.6 Å². The Hall–Kier alpha value is 0.165. The summed E-state index contributed by atoms with van der Waals surface area (Å²) in [6.45, 7) is 0.772. The van der Waals surface area contributed by atoms with Crippen LogP contribution in [0.3, 0.4) is 0 Å². The molecule has 1 rings (SSSR count). The summed E-state index contributed by atoms with van der Waals surface area (Å²) in [6.07, 6.45) is 0. The van der Waals surface area contributed by atoms with E-state index < -0.39 is 0 Å². The zero-order chi connectivity index (χ0) is 8.65. The summed E-state index contributed by atoms with van der Waals surface area (Å²) >= 11 is 3.99. The number of rotatable bonds is 5. The molecule has 0 heterocycles. The molecular formula is C8H9BIOS. The van der Waals surface area contributed by atoms with Crippen LogP contribution < -0.4 is 4.74 Å². The minimum Gasteiger partial charge on any atom is -0.493 e. The van der Waals surface area contributed by atoms with Crippen LogP contribution in [0.15, 0.2) is 30.3 Å². The van der Waals surface area contributed by atoms with Crippen LogP contribution in [-0.4, -0.2) is 16.8 Å². The van der Waals surface area contributed by atoms with Crippen LogP contribution in [0.25, 0.3) is 0 Å². The second kappa shape index (κ2) is 6.66. The third-order valence-electron chi connectivity index (χ3n) is 1.28. The summed E-state index contributed by atoms with van der Waals surface area (Å²) in [7, 11) is 0. The van der Waals surface area contributed by atoms with Gasteiger partial charge in [0.2, 0.25) is 0 Å². The van der Waals surface area contributed by atoms with Crippen LogP contribution in [0, 0.1) is 0 Å². The van der Waals surface area contributed by atoms with E-state index in [1.54, 1.807) is 11.6 Å². The third kappa shape index (κ3) is 4.26. The molecule has 0 fully saturated rings. The van der Waals surface area contributed by atoms with Gasteiger partial charge in [-0.05, 0) is 12.1 Å². The average Bonchev–Trinajstić information content (AvgIpc) is 2.14. The molecule has 0 atom stereocenters. The highest BCUT2D eigenvalue weighted by molar-refractivity contribution is 14.1. The normalized spacial score (nSPS) is 9.42. The number of halogens is 1. The first-order valence-electron chi connectivity index (χ1n) is 3.65. The zero-order valence-corrected chi connectivity index (χ0v) is 9.55. The highest BCUT2D eigenvalue weighted by Crippen LogP contribution is 2.09. The first-order valence-corrected chi connectivity index (χ1v) is 5.94. The first kappa shape index (κ1) is 10.2. The van der Waals surface area contributed by atoms with Crippen LogP contribution >= 0.6 is 34.0 Å². The number of hydrogen-bond acceptors (Lipinski definition) is 2. The van der Waals surface area contributed by atoms with Crippen LogP contribution in [0.5, 0.6) is 5.75 Å². The average molecular weight is 291 g/mol. The monoisotopic (exact) mass is 291 g/mol. The van der Waals surface area contributed by atoms with Gasteiger partial charge in [0.25, 0.3) is 4.41 Å². The van der Waals surface area contributed by atoms with Gasteiger partial charge in [-0.3, -0.25) is 0 Å². The summed E-state index contributed by atoms with van der Waals surface area (Å²) in [5, 5.41) is 0. The second-order valence-electron chi connectivity index (χ2n) is 2.12. The van der Waals surface area contributed by atoms with Gasteiger partial charge in [0.1, 0.15) is 5.75 Å². The standard InChI is InChI=1S/C8H9BIOS/c10-9-12-7-6-11-8-4-2-1-3-5-8/h1-5H,6-7H2.